The molecule has 0 aliphatic rings. The number of hydrogen-bond acceptors (Lipinski definition) is 3. The molecule has 1 amide bonds. The lowest BCUT2D eigenvalue weighted by atomic mass is 10.3. The average Bonchev–Trinajstić information content (AvgIpc) is 1.98. The largest absolute Gasteiger partial charge is 0.465 e. The fourth-order valence-corrected chi connectivity index (χ4v) is 0.830. The average molecular weight is 177 g/mol. The van der Waals surface area contributed by atoms with E-state index in [-0.39, 0.29) is 13.2 Å². The SMILES string of the molecule is CC(O)CN(C(=O)O)C(C)CO. The maximum absolute atomic E-state index is 10.5. The van der Waals surface area contributed by atoms with Gasteiger partial charge in [-0.2, -0.15) is 0 Å². The molecule has 0 rings (SSSR count). The molecule has 0 saturated carbocycles. The first-order chi connectivity index (χ1) is 5.49. The van der Waals surface area contributed by atoms with Crippen LogP contribution in [0.25, 0.3) is 0 Å². The third-order valence-electron chi connectivity index (χ3n) is 1.50. The highest BCUT2D eigenvalue weighted by Crippen LogP contribution is 2.00. The molecule has 0 aliphatic carbocycles. The van der Waals surface area contributed by atoms with E-state index in [4.69, 9.17) is 15.3 Å². The zero-order valence-corrected chi connectivity index (χ0v) is 7.27. The van der Waals surface area contributed by atoms with Crippen LogP contribution in [0.3, 0.4) is 0 Å². The molecule has 2 unspecified atom stereocenters. The van der Waals surface area contributed by atoms with Crippen molar-refractivity contribution in [2.24, 2.45) is 0 Å². The van der Waals surface area contributed by atoms with E-state index in [1.807, 2.05) is 0 Å². The van der Waals surface area contributed by atoms with Crippen LogP contribution in [-0.4, -0.2) is 51.6 Å². The summed E-state index contributed by atoms with van der Waals surface area (Å²) >= 11 is 0. The highest BCUT2D eigenvalue weighted by molar-refractivity contribution is 5.65. The predicted molar refractivity (Wildman–Crippen MR) is 43.0 cm³/mol. The summed E-state index contributed by atoms with van der Waals surface area (Å²) in [4.78, 5) is 11.5. The van der Waals surface area contributed by atoms with E-state index >= 15 is 0 Å². The topological polar surface area (TPSA) is 81.0 Å². The minimum Gasteiger partial charge on any atom is -0.465 e. The lowest BCUT2D eigenvalue weighted by molar-refractivity contribution is 0.0695. The number of nitrogens with zero attached hydrogens (tertiary/aromatic N) is 1. The summed E-state index contributed by atoms with van der Waals surface area (Å²) in [6.45, 7) is 2.87. The van der Waals surface area contributed by atoms with E-state index in [1.165, 1.54) is 6.92 Å². The maximum Gasteiger partial charge on any atom is 0.407 e. The summed E-state index contributed by atoms with van der Waals surface area (Å²) in [5.74, 6) is 0. The Morgan fingerprint density at radius 2 is 2.00 bits per heavy atom. The second kappa shape index (κ2) is 4.95. The van der Waals surface area contributed by atoms with Crippen molar-refractivity contribution in [2.75, 3.05) is 13.2 Å². The van der Waals surface area contributed by atoms with Gasteiger partial charge in [-0.3, -0.25) is 0 Å². The van der Waals surface area contributed by atoms with Crippen molar-refractivity contribution in [3.8, 4) is 0 Å². The van der Waals surface area contributed by atoms with Gasteiger partial charge in [0, 0.05) is 0 Å². The standard InChI is InChI=1S/C7H15NO4/c1-5(4-9)8(7(11)12)3-6(2)10/h5-6,9-10H,3-4H2,1-2H3,(H,11,12). The Morgan fingerprint density at radius 1 is 1.50 bits per heavy atom. The summed E-state index contributed by atoms with van der Waals surface area (Å²) in [6.07, 6.45) is -1.84. The number of hydrogen-bond donors (Lipinski definition) is 3. The van der Waals surface area contributed by atoms with E-state index in [0.29, 0.717) is 0 Å². The fraction of sp³-hybridized carbons (Fsp3) is 0.857. The van der Waals surface area contributed by atoms with Crippen LogP contribution in [0.15, 0.2) is 0 Å². The maximum atomic E-state index is 10.5. The van der Waals surface area contributed by atoms with Gasteiger partial charge in [-0.15, -0.1) is 0 Å². The van der Waals surface area contributed by atoms with Crippen LogP contribution in [0.1, 0.15) is 13.8 Å². The van der Waals surface area contributed by atoms with Gasteiger partial charge in [0.25, 0.3) is 0 Å². The van der Waals surface area contributed by atoms with E-state index in [0.717, 1.165) is 4.90 Å². The van der Waals surface area contributed by atoms with E-state index in [9.17, 15) is 4.79 Å². The third kappa shape index (κ3) is 3.54. The van der Waals surface area contributed by atoms with Gasteiger partial charge in [-0.25, -0.2) is 4.79 Å². The molecular formula is C7H15NO4. The number of rotatable bonds is 4. The highest BCUT2D eigenvalue weighted by Gasteiger charge is 2.19. The molecule has 0 fully saturated rings. The Bertz CT molecular complexity index is 148. The number of aliphatic hydroxyl groups excluding tert-OH is 2. The van der Waals surface area contributed by atoms with Crippen LogP contribution in [-0.2, 0) is 0 Å². The van der Waals surface area contributed by atoms with Crippen LogP contribution in [0.5, 0.6) is 0 Å². The van der Waals surface area contributed by atoms with Crippen molar-refractivity contribution in [3.05, 3.63) is 0 Å². The van der Waals surface area contributed by atoms with Gasteiger partial charge in [-0.05, 0) is 13.8 Å². The van der Waals surface area contributed by atoms with Crippen LogP contribution in [0.2, 0.25) is 0 Å². The van der Waals surface area contributed by atoms with Crippen molar-refractivity contribution in [1.29, 1.82) is 0 Å². The van der Waals surface area contributed by atoms with Crippen molar-refractivity contribution >= 4 is 6.09 Å². The van der Waals surface area contributed by atoms with Crippen molar-refractivity contribution < 1.29 is 20.1 Å². The normalized spacial score (nSPS) is 15.3. The van der Waals surface area contributed by atoms with E-state index in [1.54, 1.807) is 6.92 Å². The molecule has 0 heterocycles. The van der Waals surface area contributed by atoms with E-state index < -0.39 is 18.2 Å². The van der Waals surface area contributed by atoms with Gasteiger partial charge in [-0.1, -0.05) is 0 Å². The fourth-order valence-electron chi connectivity index (χ4n) is 0.830. The quantitative estimate of drug-likeness (QED) is 0.552. The minimum absolute atomic E-state index is 0.0249. The Kier molecular flexibility index (Phi) is 4.61. The summed E-state index contributed by atoms with van der Waals surface area (Å²) in [5, 5.41) is 26.2. The van der Waals surface area contributed by atoms with Gasteiger partial charge < -0.3 is 20.2 Å². The lowest BCUT2D eigenvalue weighted by Crippen LogP contribution is -2.43. The summed E-state index contributed by atoms with van der Waals surface area (Å²) in [7, 11) is 0. The second-order valence-corrected chi connectivity index (χ2v) is 2.82. The smallest absolute Gasteiger partial charge is 0.407 e. The minimum atomic E-state index is -1.13. The van der Waals surface area contributed by atoms with Crippen LogP contribution < -0.4 is 0 Å². The molecule has 0 aromatic heterocycles. The van der Waals surface area contributed by atoms with Gasteiger partial charge in [0.2, 0.25) is 0 Å². The Labute approximate surface area is 71.2 Å². The number of carboxylic acid groups (broad SMARTS) is 1. The summed E-state index contributed by atoms with van der Waals surface area (Å²) in [5.41, 5.74) is 0. The second-order valence-electron chi connectivity index (χ2n) is 2.82. The zero-order chi connectivity index (χ0) is 9.72. The molecule has 0 radical (unpaired) electrons. The molecule has 12 heavy (non-hydrogen) atoms. The first-order valence-electron chi connectivity index (χ1n) is 3.77. The Hall–Kier alpha value is -0.810. The third-order valence-corrected chi connectivity index (χ3v) is 1.50. The molecule has 5 heteroatoms. The van der Waals surface area contributed by atoms with Crippen LogP contribution >= 0.6 is 0 Å². The first kappa shape index (κ1) is 11.2. The molecule has 0 saturated heterocycles. The molecule has 0 aromatic rings. The molecule has 0 bridgehead atoms. The molecule has 72 valence electrons. The predicted octanol–water partition coefficient (Wildman–Crippen LogP) is -0.272. The van der Waals surface area contributed by atoms with Crippen molar-refractivity contribution in [2.45, 2.75) is 26.0 Å². The summed E-state index contributed by atoms with van der Waals surface area (Å²) in [6, 6.07) is -0.475. The Balaban J connectivity index is 4.13. The molecule has 0 spiro atoms. The molecule has 5 nitrogen and oxygen atoms in total. The number of aliphatic hydroxyl groups is 2. The number of amides is 1. The lowest BCUT2D eigenvalue weighted by Gasteiger charge is -2.25. The van der Waals surface area contributed by atoms with Gasteiger partial charge in [0.05, 0.1) is 25.3 Å². The zero-order valence-electron chi connectivity index (χ0n) is 7.27. The molecule has 0 aromatic carbocycles. The van der Waals surface area contributed by atoms with Gasteiger partial charge in [0.15, 0.2) is 0 Å². The first-order valence-corrected chi connectivity index (χ1v) is 3.77. The monoisotopic (exact) mass is 177 g/mol. The van der Waals surface area contributed by atoms with Crippen molar-refractivity contribution in [3.63, 3.8) is 0 Å². The molecule has 3 N–H and O–H groups in total. The van der Waals surface area contributed by atoms with E-state index in [2.05, 4.69) is 0 Å². The van der Waals surface area contributed by atoms with Crippen molar-refractivity contribution in [1.82, 2.24) is 4.90 Å². The molecule has 2 atom stereocenters. The van der Waals surface area contributed by atoms with Gasteiger partial charge in [0.1, 0.15) is 0 Å². The van der Waals surface area contributed by atoms with Gasteiger partial charge >= 0.3 is 6.09 Å². The molecule has 0 aliphatic heterocycles. The molecular weight excluding hydrogens is 162 g/mol. The van der Waals surface area contributed by atoms with Crippen LogP contribution in [0.4, 0.5) is 4.79 Å². The highest BCUT2D eigenvalue weighted by atomic mass is 16.4. The number of carbonyl (C=O) groups is 1. The Morgan fingerprint density at radius 3 is 2.25 bits per heavy atom. The summed E-state index contributed by atoms with van der Waals surface area (Å²) < 4.78 is 0. The van der Waals surface area contributed by atoms with Crippen LogP contribution in [0, 0.1) is 0 Å².